The molecular weight excluding hydrogens is 767 g/mol. The Morgan fingerprint density at radius 3 is 1.28 bits per heavy atom. The van der Waals surface area contributed by atoms with Gasteiger partial charge in [0.15, 0.2) is 6.29 Å². The molecule has 1 heterocycles. The van der Waals surface area contributed by atoms with Gasteiger partial charge in [-0.2, -0.15) is 0 Å². The first kappa shape index (κ1) is 57.9. The fourth-order valence-electron chi connectivity index (χ4n) is 8.63. The molecule has 6 N–H and O–H groups in total. The normalized spacial score (nSPS) is 20.4. The molecule has 0 saturated carbocycles. The first-order valence-electron chi connectivity index (χ1n) is 26.4. The molecule has 0 aliphatic carbocycles. The zero-order valence-corrected chi connectivity index (χ0v) is 39.9. The monoisotopic (exact) mass is 868 g/mol. The van der Waals surface area contributed by atoms with Gasteiger partial charge >= 0.3 is 0 Å². The summed E-state index contributed by atoms with van der Waals surface area (Å²) in [5.41, 5.74) is 0. The largest absolute Gasteiger partial charge is 0.394 e. The molecule has 0 spiro atoms. The minimum atomic E-state index is -1.56. The second-order valence-corrected chi connectivity index (χ2v) is 18.7. The van der Waals surface area contributed by atoms with Crippen molar-refractivity contribution in [3.05, 3.63) is 12.2 Å². The van der Waals surface area contributed by atoms with E-state index in [1.165, 1.54) is 199 Å². The van der Waals surface area contributed by atoms with E-state index in [0.717, 1.165) is 38.5 Å². The lowest BCUT2D eigenvalue weighted by Crippen LogP contribution is -2.60. The van der Waals surface area contributed by atoms with Crippen LogP contribution in [0.25, 0.3) is 0 Å². The van der Waals surface area contributed by atoms with E-state index < -0.39 is 49.5 Å². The summed E-state index contributed by atoms with van der Waals surface area (Å²) in [7, 11) is 0. The summed E-state index contributed by atoms with van der Waals surface area (Å²) in [4.78, 5) is 13.0. The maximum Gasteiger partial charge on any atom is 0.220 e. The molecule has 9 heteroatoms. The number of amides is 1. The topological polar surface area (TPSA) is 149 Å². The number of ether oxygens (including phenoxy) is 2. The van der Waals surface area contributed by atoms with Crippen molar-refractivity contribution in [2.75, 3.05) is 13.2 Å². The Morgan fingerprint density at radius 1 is 0.541 bits per heavy atom. The SMILES string of the molecule is CCCCCCCCCCC/C=C/[C@@H](O)[C@H](CO[C@@H]1O[C@H](CO)[C@@H](O)C(O)C1O)NC(=O)CCCCCCCCCCCCCCCCCCCCCCCCCCCCC. The van der Waals surface area contributed by atoms with Crippen LogP contribution in [-0.4, -0.2) is 87.5 Å². The third kappa shape index (κ3) is 33.1. The van der Waals surface area contributed by atoms with Crippen LogP contribution in [0.4, 0.5) is 0 Å². The number of unbranched alkanes of at least 4 members (excludes halogenated alkanes) is 35. The Hall–Kier alpha value is -1.07. The van der Waals surface area contributed by atoms with Gasteiger partial charge in [0.1, 0.15) is 24.4 Å². The molecule has 0 radical (unpaired) electrons. The number of hydrogen-bond donors (Lipinski definition) is 6. The Labute approximate surface area is 376 Å². The lowest BCUT2D eigenvalue weighted by atomic mass is 9.99. The number of carbonyl (C=O) groups excluding carboxylic acids is 1. The van der Waals surface area contributed by atoms with E-state index in [2.05, 4.69) is 19.2 Å². The molecule has 1 aliphatic rings. The van der Waals surface area contributed by atoms with Crippen LogP contribution in [0, 0.1) is 0 Å². The number of hydrogen-bond acceptors (Lipinski definition) is 8. The number of aliphatic hydroxyl groups is 5. The zero-order chi connectivity index (χ0) is 44.4. The fourth-order valence-corrected chi connectivity index (χ4v) is 8.63. The highest BCUT2D eigenvalue weighted by Gasteiger charge is 2.44. The highest BCUT2D eigenvalue weighted by molar-refractivity contribution is 5.76. The predicted molar refractivity (Wildman–Crippen MR) is 254 cm³/mol. The first-order chi connectivity index (χ1) is 29.8. The summed E-state index contributed by atoms with van der Waals surface area (Å²) in [5.74, 6) is -0.173. The van der Waals surface area contributed by atoms with E-state index in [9.17, 15) is 30.3 Å². The van der Waals surface area contributed by atoms with Crippen LogP contribution in [-0.2, 0) is 14.3 Å². The van der Waals surface area contributed by atoms with E-state index in [1.54, 1.807) is 6.08 Å². The lowest BCUT2D eigenvalue weighted by Gasteiger charge is -2.40. The van der Waals surface area contributed by atoms with Gasteiger partial charge in [0, 0.05) is 6.42 Å². The Morgan fingerprint density at radius 2 is 0.902 bits per heavy atom. The second kappa shape index (κ2) is 42.9. The van der Waals surface area contributed by atoms with Gasteiger partial charge in [-0.25, -0.2) is 0 Å². The van der Waals surface area contributed by atoms with Gasteiger partial charge in [0.2, 0.25) is 5.91 Å². The van der Waals surface area contributed by atoms with Gasteiger partial charge in [-0.05, 0) is 19.3 Å². The summed E-state index contributed by atoms with van der Waals surface area (Å²) in [6, 6.07) is -0.798. The van der Waals surface area contributed by atoms with Crippen LogP contribution >= 0.6 is 0 Å². The van der Waals surface area contributed by atoms with Crippen LogP contribution in [0.15, 0.2) is 12.2 Å². The number of rotatable bonds is 45. The highest BCUT2D eigenvalue weighted by atomic mass is 16.7. The third-order valence-electron chi connectivity index (χ3n) is 12.9. The molecule has 0 aromatic heterocycles. The molecule has 1 saturated heterocycles. The molecule has 1 amide bonds. The quantitative estimate of drug-likeness (QED) is 0.0262. The number of nitrogens with one attached hydrogen (secondary N) is 1. The van der Waals surface area contributed by atoms with Gasteiger partial charge in [0.25, 0.3) is 0 Å². The van der Waals surface area contributed by atoms with Crippen LogP contribution < -0.4 is 5.32 Å². The second-order valence-electron chi connectivity index (χ2n) is 18.7. The molecule has 0 aromatic carbocycles. The fraction of sp³-hybridized carbons (Fsp3) is 0.942. The van der Waals surface area contributed by atoms with Gasteiger partial charge in [-0.15, -0.1) is 0 Å². The Balaban J connectivity index is 2.15. The predicted octanol–water partition coefficient (Wildman–Crippen LogP) is 12.1. The van der Waals surface area contributed by atoms with Crippen LogP contribution in [0.1, 0.15) is 258 Å². The molecule has 1 aliphatic heterocycles. The summed E-state index contributed by atoms with van der Waals surface area (Å²) < 4.78 is 11.2. The summed E-state index contributed by atoms with van der Waals surface area (Å²) in [5, 5.41) is 54.2. The minimum Gasteiger partial charge on any atom is -0.394 e. The van der Waals surface area contributed by atoms with E-state index in [1.807, 2.05) is 6.08 Å². The van der Waals surface area contributed by atoms with E-state index in [0.29, 0.717) is 6.42 Å². The highest BCUT2D eigenvalue weighted by Crippen LogP contribution is 2.23. The summed E-state index contributed by atoms with van der Waals surface area (Å²) in [6.07, 6.45) is 44.3. The zero-order valence-electron chi connectivity index (χ0n) is 39.9. The maximum absolute atomic E-state index is 13.0. The first-order valence-corrected chi connectivity index (χ1v) is 26.4. The minimum absolute atomic E-state index is 0.173. The van der Waals surface area contributed by atoms with Crippen molar-refractivity contribution >= 4 is 5.91 Å². The Kier molecular flexibility index (Phi) is 40.7. The van der Waals surface area contributed by atoms with E-state index in [-0.39, 0.29) is 12.5 Å². The molecule has 362 valence electrons. The average Bonchev–Trinajstić information content (AvgIpc) is 3.26. The molecular formula is C52H101NO8. The van der Waals surface area contributed by atoms with Crippen LogP contribution in [0.2, 0.25) is 0 Å². The lowest BCUT2D eigenvalue weighted by molar-refractivity contribution is -0.302. The van der Waals surface area contributed by atoms with Crippen molar-refractivity contribution in [3.8, 4) is 0 Å². The van der Waals surface area contributed by atoms with Crippen LogP contribution in [0.5, 0.6) is 0 Å². The number of allylic oxidation sites excluding steroid dienone is 1. The van der Waals surface area contributed by atoms with Crippen molar-refractivity contribution in [2.24, 2.45) is 0 Å². The van der Waals surface area contributed by atoms with Crippen molar-refractivity contribution < 1.29 is 39.8 Å². The van der Waals surface area contributed by atoms with Crippen molar-refractivity contribution in [2.45, 2.75) is 301 Å². The van der Waals surface area contributed by atoms with E-state index in [4.69, 9.17) is 9.47 Å². The molecule has 1 rings (SSSR count). The van der Waals surface area contributed by atoms with Gasteiger partial charge in [0.05, 0.1) is 25.4 Å². The smallest absolute Gasteiger partial charge is 0.220 e. The summed E-state index contributed by atoms with van der Waals surface area (Å²) >= 11 is 0. The standard InChI is InChI=1S/C52H101NO8/c1-3-5-7-9-11-13-15-16-17-18-19-20-21-22-23-24-25-26-27-28-29-30-32-34-36-38-40-42-48(56)53-45(44-60-52-51(59)50(58)49(57)47(43-54)61-52)46(55)41-39-37-35-33-31-14-12-10-8-6-4-2/h39,41,45-47,49-52,54-55,57-59H,3-38,40,42-44H2,1-2H3,(H,53,56)/b41-39+/t45-,46+,47+,49+,50?,51?,52+/m0/s1. The Bertz CT molecular complexity index is 966. The molecule has 0 aromatic rings. The van der Waals surface area contributed by atoms with Gasteiger partial charge in [-0.3, -0.25) is 4.79 Å². The van der Waals surface area contributed by atoms with Crippen molar-refractivity contribution in [1.29, 1.82) is 0 Å². The van der Waals surface area contributed by atoms with Crippen molar-refractivity contribution in [3.63, 3.8) is 0 Å². The van der Waals surface area contributed by atoms with E-state index >= 15 is 0 Å². The molecule has 2 unspecified atom stereocenters. The third-order valence-corrected chi connectivity index (χ3v) is 12.9. The number of carbonyl (C=O) groups is 1. The molecule has 1 fully saturated rings. The molecule has 0 bridgehead atoms. The molecule has 7 atom stereocenters. The summed E-state index contributed by atoms with van der Waals surface area (Å²) in [6.45, 7) is 3.78. The molecule has 9 nitrogen and oxygen atoms in total. The van der Waals surface area contributed by atoms with Crippen molar-refractivity contribution in [1.82, 2.24) is 5.32 Å². The average molecular weight is 868 g/mol. The van der Waals surface area contributed by atoms with Gasteiger partial charge in [-0.1, -0.05) is 244 Å². The molecule has 61 heavy (non-hydrogen) atoms. The number of aliphatic hydroxyl groups excluding tert-OH is 5. The van der Waals surface area contributed by atoms with Gasteiger partial charge < -0.3 is 40.3 Å². The van der Waals surface area contributed by atoms with Crippen LogP contribution in [0.3, 0.4) is 0 Å². The maximum atomic E-state index is 13.0.